The van der Waals surface area contributed by atoms with E-state index in [0.717, 1.165) is 19.5 Å². The number of carbonyl (C=O) groups is 1. The van der Waals surface area contributed by atoms with Crippen molar-refractivity contribution in [1.82, 2.24) is 14.7 Å². The molecule has 0 aromatic carbocycles. The van der Waals surface area contributed by atoms with E-state index in [1.807, 2.05) is 0 Å². The van der Waals surface area contributed by atoms with E-state index in [0.29, 0.717) is 12.5 Å². The van der Waals surface area contributed by atoms with Gasteiger partial charge in [-0.15, -0.1) is 0 Å². The third kappa shape index (κ3) is 3.87. The number of aromatic nitrogens is 2. The average molecular weight is 245 g/mol. The van der Waals surface area contributed by atoms with E-state index < -0.39 is 5.97 Å². The van der Waals surface area contributed by atoms with Crippen LogP contribution in [0.2, 0.25) is 0 Å². The van der Waals surface area contributed by atoms with Crippen molar-refractivity contribution in [3.05, 3.63) is 18.0 Å². The fourth-order valence-electron chi connectivity index (χ4n) is 2.35. The summed E-state index contributed by atoms with van der Waals surface area (Å²) in [5, 5.41) is 13.0. The van der Waals surface area contributed by atoms with Crippen LogP contribution in [0.4, 0.5) is 0 Å². The predicted octanol–water partition coefficient (Wildman–Crippen LogP) is -1.57. The first-order valence-electron chi connectivity index (χ1n) is 6.10. The van der Waals surface area contributed by atoms with Crippen molar-refractivity contribution in [1.29, 1.82) is 0 Å². The molecule has 6 heteroatoms. The minimum Gasteiger partial charge on any atom is -1.00 e. The maximum absolute atomic E-state index is 10.9. The number of aryl methyl sites for hydroxylation is 1. The molecule has 1 fully saturated rings. The number of aromatic carboxylic acids is 1. The van der Waals surface area contributed by atoms with Gasteiger partial charge >= 0.3 is 24.8 Å². The van der Waals surface area contributed by atoms with E-state index in [1.54, 1.807) is 16.9 Å². The average Bonchev–Trinajstić information content (AvgIpc) is 2.76. The van der Waals surface area contributed by atoms with Gasteiger partial charge in [0.2, 0.25) is 0 Å². The topological polar surface area (TPSA) is 58.4 Å². The minimum atomic E-state index is -0.897. The second-order valence-electron chi connectivity index (χ2n) is 4.78. The number of rotatable bonds is 4. The Hall–Kier alpha value is -0.763. The molecule has 96 valence electrons. The molecule has 1 aromatic heterocycles. The summed E-state index contributed by atoms with van der Waals surface area (Å²) in [6.45, 7) is 3.01. The molecule has 0 atom stereocenters. The normalized spacial score (nSPS) is 17.4. The smallest absolute Gasteiger partial charge is 1.00 e. The summed E-state index contributed by atoms with van der Waals surface area (Å²) < 4.78 is 1.60. The van der Waals surface area contributed by atoms with Crippen molar-refractivity contribution >= 4 is 5.97 Å². The summed E-state index contributed by atoms with van der Waals surface area (Å²) >= 11 is 0. The van der Waals surface area contributed by atoms with E-state index >= 15 is 0 Å². The van der Waals surface area contributed by atoms with E-state index in [-0.39, 0.29) is 26.0 Å². The molecule has 5 nitrogen and oxygen atoms in total. The Labute approximate surface area is 121 Å². The van der Waals surface area contributed by atoms with Gasteiger partial charge in [-0.25, -0.2) is 4.79 Å². The first-order chi connectivity index (χ1) is 8.16. The molecule has 1 aromatic rings. The summed E-state index contributed by atoms with van der Waals surface area (Å²) in [5.41, 5.74) is 0.290. The van der Waals surface area contributed by atoms with Crippen LogP contribution >= 0.6 is 0 Å². The van der Waals surface area contributed by atoms with E-state index in [4.69, 9.17) is 5.11 Å². The molecule has 1 aliphatic rings. The van der Waals surface area contributed by atoms with Crippen molar-refractivity contribution in [3.8, 4) is 0 Å². The van der Waals surface area contributed by atoms with Crippen molar-refractivity contribution < 1.29 is 30.2 Å². The number of carboxylic acid groups (broad SMARTS) is 1. The number of carboxylic acids is 1. The Bertz CT molecular complexity index is 392. The third-order valence-electron chi connectivity index (χ3n) is 3.52. The van der Waals surface area contributed by atoms with E-state index in [1.165, 1.54) is 12.8 Å². The molecule has 1 saturated heterocycles. The Morgan fingerprint density at radius 1 is 1.56 bits per heavy atom. The predicted molar refractivity (Wildman–Crippen MR) is 65.1 cm³/mol. The van der Waals surface area contributed by atoms with Crippen LogP contribution in [0.1, 0.15) is 31.2 Å². The van der Waals surface area contributed by atoms with Crippen LogP contribution in [0.25, 0.3) is 0 Å². The molecule has 1 N–H and O–H groups in total. The zero-order valence-electron chi connectivity index (χ0n) is 12.2. The number of piperidine rings is 1. The Balaban J connectivity index is 0.00000162. The van der Waals surface area contributed by atoms with Gasteiger partial charge in [-0.1, -0.05) is 0 Å². The molecule has 0 unspecified atom stereocenters. The second-order valence-corrected chi connectivity index (χ2v) is 4.78. The van der Waals surface area contributed by atoms with Crippen molar-refractivity contribution in [2.75, 3.05) is 20.1 Å². The van der Waals surface area contributed by atoms with Crippen LogP contribution in [-0.4, -0.2) is 45.9 Å². The number of nitrogens with zero attached hydrogens (tertiary/aromatic N) is 3. The minimum absolute atomic E-state index is 0. The summed E-state index contributed by atoms with van der Waals surface area (Å²) in [7, 11) is 2.15. The largest absolute Gasteiger partial charge is 1.00 e. The van der Waals surface area contributed by atoms with Crippen LogP contribution in [0, 0.1) is 5.92 Å². The molecule has 0 spiro atoms. The number of likely N-dealkylation sites (tertiary alicyclic amines) is 1. The quantitative estimate of drug-likeness (QED) is 0.651. The van der Waals surface area contributed by atoms with E-state index in [2.05, 4.69) is 17.0 Å². The van der Waals surface area contributed by atoms with Gasteiger partial charge in [0.15, 0.2) is 0 Å². The van der Waals surface area contributed by atoms with Crippen molar-refractivity contribution in [3.63, 3.8) is 0 Å². The van der Waals surface area contributed by atoms with Crippen LogP contribution in [-0.2, 0) is 6.54 Å². The molecular formula is C12H20LiN3O2. The summed E-state index contributed by atoms with van der Waals surface area (Å²) in [6, 6.07) is 1.55. The maximum Gasteiger partial charge on any atom is 1.00 e. The molecule has 0 saturated carbocycles. The molecule has 2 rings (SSSR count). The molecule has 0 radical (unpaired) electrons. The fraction of sp³-hybridized carbons (Fsp3) is 0.667. The Kier molecular flexibility index (Phi) is 5.93. The summed E-state index contributed by atoms with van der Waals surface area (Å²) in [6.07, 6.45) is 4.99. The third-order valence-corrected chi connectivity index (χ3v) is 3.52. The van der Waals surface area contributed by atoms with Gasteiger partial charge in [0.05, 0.1) is 0 Å². The van der Waals surface area contributed by atoms with Gasteiger partial charge in [-0.05, 0) is 51.4 Å². The zero-order valence-corrected chi connectivity index (χ0v) is 11.2. The first kappa shape index (κ1) is 15.3. The van der Waals surface area contributed by atoms with Gasteiger partial charge in [0.25, 0.3) is 0 Å². The molecule has 0 amide bonds. The number of hydrogen-bond donors (Lipinski definition) is 1. The monoisotopic (exact) mass is 245 g/mol. The standard InChI is InChI=1S/C12H19N3O2.Li.H/c1-14-7-3-10(4-8-14)5-9-15-11(12(16)17)2-6-13-15;;/h2,6,10H,3-5,7-9H2,1H3,(H,16,17);;/q;+1;-1. The zero-order chi connectivity index (χ0) is 12.3. The molecule has 2 heterocycles. The van der Waals surface area contributed by atoms with Crippen LogP contribution in [0.3, 0.4) is 0 Å². The van der Waals surface area contributed by atoms with Crippen LogP contribution in [0.15, 0.2) is 12.3 Å². The van der Waals surface area contributed by atoms with Crippen molar-refractivity contribution in [2.45, 2.75) is 25.8 Å². The molecule has 0 bridgehead atoms. The van der Waals surface area contributed by atoms with Gasteiger partial charge in [-0.2, -0.15) is 5.10 Å². The van der Waals surface area contributed by atoms with Gasteiger partial charge in [-0.3, -0.25) is 4.68 Å². The van der Waals surface area contributed by atoms with Gasteiger partial charge in [0, 0.05) is 12.7 Å². The fourth-order valence-corrected chi connectivity index (χ4v) is 2.35. The SMILES string of the molecule is CN1CCC(CCn2nccc2C(=O)O)CC1.[H-].[Li+]. The first-order valence-corrected chi connectivity index (χ1v) is 6.10. The summed E-state index contributed by atoms with van der Waals surface area (Å²) in [4.78, 5) is 13.2. The molecule has 18 heavy (non-hydrogen) atoms. The summed E-state index contributed by atoms with van der Waals surface area (Å²) in [5.74, 6) is -0.192. The van der Waals surface area contributed by atoms with Gasteiger partial charge < -0.3 is 11.4 Å². The Morgan fingerprint density at radius 2 is 2.22 bits per heavy atom. The molecule has 0 aliphatic carbocycles. The van der Waals surface area contributed by atoms with Crippen molar-refractivity contribution in [2.24, 2.45) is 5.92 Å². The maximum atomic E-state index is 10.9. The van der Waals surface area contributed by atoms with Gasteiger partial charge in [0.1, 0.15) is 5.69 Å². The second kappa shape index (κ2) is 6.98. The van der Waals surface area contributed by atoms with Crippen LogP contribution in [0.5, 0.6) is 0 Å². The van der Waals surface area contributed by atoms with Crippen LogP contribution < -0.4 is 18.9 Å². The Morgan fingerprint density at radius 3 is 2.83 bits per heavy atom. The molecular weight excluding hydrogens is 225 g/mol. The van der Waals surface area contributed by atoms with E-state index in [9.17, 15) is 4.79 Å². The molecule has 1 aliphatic heterocycles. The number of hydrogen-bond acceptors (Lipinski definition) is 3.